The maximum Gasteiger partial charge on any atom is 0.243 e. The van der Waals surface area contributed by atoms with Crippen LogP contribution in [0.5, 0.6) is 0 Å². The number of amides is 1. The third-order valence-corrected chi connectivity index (χ3v) is 8.77. The fourth-order valence-corrected chi connectivity index (χ4v) is 6.44. The maximum absolute atomic E-state index is 13.2. The lowest BCUT2D eigenvalue weighted by molar-refractivity contribution is -0.123. The average molecular weight is 472 g/mol. The molecule has 0 bridgehead atoms. The van der Waals surface area contributed by atoms with E-state index >= 15 is 0 Å². The van der Waals surface area contributed by atoms with E-state index in [1.54, 1.807) is 4.90 Å². The van der Waals surface area contributed by atoms with Crippen molar-refractivity contribution < 1.29 is 18.0 Å². The van der Waals surface area contributed by atoms with Crippen molar-refractivity contribution in [1.29, 1.82) is 0 Å². The van der Waals surface area contributed by atoms with Crippen LogP contribution in [0.15, 0.2) is 53.4 Å². The van der Waals surface area contributed by atoms with Crippen molar-refractivity contribution in [3.63, 3.8) is 0 Å². The minimum absolute atomic E-state index is 0.00517. The molecule has 2 heterocycles. The highest BCUT2D eigenvalue weighted by Crippen LogP contribution is 2.31. The number of para-hydroxylation sites is 1. The van der Waals surface area contributed by atoms with Crippen LogP contribution in [0.1, 0.15) is 37.0 Å². The number of carbonyl (C=O) groups excluding carboxylic acids is 2. The molecule has 168 valence electrons. The van der Waals surface area contributed by atoms with Crippen molar-refractivity contribution >= 4 is 48.4 Å². The normalized spacial score (nSPS) is 15.7. The predicted molar refractivity (Wildman–Crippen MR) is 126 cm³/mol. The molecule has 0 radical (unpaired) electrons. The van der Waals surface area contributed by atoms with E-state index in [1.165, 1.54) is 46.8 Å². The first kappa shape index (κ1) is 22.6. The number of benzene rings is 2. The minimum Gasteiger partial charge on any atom is -0.295 e. The van der Waals surface area contributed by atoms with Crippen LogP contribution in [0, 0.1) is 5.92 Å². The molecule has 1 aromatic heterocycles. The molecule has 0 atom stereocenters. The van der Waals surface area contributed by atoms with Gasteiger partial charge in [0.05, 0.1) is 15.1 Å². The third-order valence-electron chi connectivity index (χ3n) is 5.80. The van der Waals surface area contributed by atoms with E-state index in [0.717, 1.165) is 10.2 Å². The van der Waals surface area contributed by atoms with E-state index < -0.39 is 10.0 Å². The number of hydrogen-bond donors (Lipinski definition) is 0. The number of ketones is 1. The molecule has 9 heteroatoms. The first-order chi connectivity index (χ1) is 15.3. The first-order valence-electron chi connectivity index (χ1n) is 10.6. The standard InChI is InChI=1S/C23H25N3O4S2/c1-3-26(23-24-20-6-4-5-7-21(20)31-23)22(28)18-12-14-25(15-13-18)32(29,30)19-10-8-17(9-11-19)16(2)27/h4-11,18H,3,12-15H2,1-2H3. The van der Waals surface area contributed by atoms with Crippen molar-refractivity contribution in [3.8, 4) is 0 Å². The topological polar surface area (TPSA) is 87.7 Å². The van der Waals surface area contributed by atoms with Crippen LogP contribution in [0.25, 0.3) is 10.2 Å². The summed E-state index contributed by atoms with van der Waals surface area (Å²) in [5.74, 6) is -0.357. The summed E-state index contributed by atoms with van der Waals surface area (Å²) in [7, 11) is -3.66. The van der Waals surface area contributed by atoms with E-state index in [9.17, 15) is 18.0 Å². The number of fused-ring (bicyclic) bond motifs is 1. The summed E-state index contributed by atoms with van der Waals surface area (Å²) in [5, 5.41) is 0.680. The maximum atomic E-state index is 13.2. The smallest absolute Gasteiger partial charge is 0.243 e. The Morgan fingerprint density at radius 1 is 1.09 bits per heavy atom. The second kappa shape index (κ2) is 9.09. The summed E-state index contributed by atoms with van der Waals surface area (Å²) in [4.78, 5) is 31.1. The summed E-state index contributed by atoms with van der Waals surface area (Å²) >= 11 is 1.49. The number of carbonyl (C=O) groups is 2. The molecule has 1 amide bonds. The summed E-state index contributed by atoms with van der Waals surface area (Å²) in [6.07, 6.45) is 0.927. The molecule has 3 aromatic rings. The number of piperidine rings is 1. The lowest BCUT2D eigenvalue weighted by atomic mass is 9.96. The molecule has 0 unspecified atom stereocenters. The number of sulfonamides is 1. The number of rotatable bonds is 6. The fraction of sp³-hybridized carbons (Fsp3) is 0.348. The molecule has 0 aliphatic carbocycles. The van der Waals surface area contributed by atoms with Crippen LogP contribution in [0.2, 0.25) is 0 Å². The quantitative estimate of drug-likeness (QED) is 0.508. The van der Waals surface area contributed by atoms with Crippen LogP contribution >= 0.6 is 11.3 Å². The summed E-state index contributed by atoms with van der Waals surface area (Å²) in [5.41, 5.74) is 1.35. The fourth-order valence-electron chi connectivity index (χ4n) is 3.94. The van der Waals surface area contributed by atoms with Crippen molar-refractivity contribution in [2.45, 2.75) is 31.6 Å². The lowest BCUT2D eigenvalue weighted by Crippen LogP contribution is -2.44. The Labute approximate surface area is 191 Å². The van der Waals surface area contributed by atoms with Gasteiger partial charge in [-0.3, -0.25) is 14.5 Å². The summed E-state index contributed by atoms with van der Waals surface area (Å²) < 4.78 is 28.4. The highest BCUT2D eigenvalue weighted by atomic mass is 32.2. The van der Waals surface area contributed by atoms with Gasteiger partial charge in [0, 0.05) is 31.1 Å². The summed E-state index contributed by atoms with van der Waals surface area (Å²) in [6, 6.07) is 13.8. The van der Waals surface area contributed by atoms with Crippen LogP contribution in [-0.4, -0.2) is 49.0 Å². The van der Waals surface area contributed by atoms with E-state index in [1.807, 2.05) is 31.2 Å². The van der Waals surface area contributed by atoms with Crippen LogP contribution < -0.4 is 4.90 Å². The molecule has 2 aromatic carbocycles. The van der Waals surface area contributed by atoms with Crippen molar-refractivity contribution in [2.75, 3.05) is 24.5 Å². The number of hydrogen-bond acceptors (Lipinski definition) is 6. The molecule has 0 spiro atoms. The van der Waals surface area contributed by atoms with Gasteiger partial charge in [-0.25, -0.2) is 13.4 Å². The van der Waals surface area contributed by atoms with Gasteiger partial charge in [0.1, 0.15) is 0 Å². The van der Waals surface area contributed by atoms with Gasteiger partial charge in [0.2, 0.25) is 15.9 Å². The molecule has 7 nitrogen and oxygen atoms in total. The van der Waals surface area contributed by atoms with E-state index in [0.29, 0.717) is 30.1 Å². The Balaban J connectivity index is 1.45. The minimum atomic E-state index is -3.66. The Morgan fingerprint density at radius 2 is 1.75 bits per heavy atom. The summed E-state index contributed by atoms with van der Waals surface area (Å²) in [6.45, 7) is 4.45. The van der Waals surface area contributed by atoms with Crippen LogP contribution in [-0.2, 0) is 14.8 Å². The monoisotopic (exact) mass is 471 g/mol. The number of anilines is 1. The Kier molecular flexibility index (Phi) is 6.41. The zero-order valence-corrected chi connectivity index (χ0v) is 19.7. The van der Waals surface area contributed by atoms with Gasteiger partial charge in [-0.1, -0.05) is 35.6 Å². The highest BCUT2D eigenvalue weighted by molar-refractivity contribution is 7.89. The molecule has 1 saturated heterocycles. The second-order valence-corrected chi connectivity index (χ2v) is 10.8. The average Bonchev–Trinajstić information content (AvgIpc) is 3.23. The Hall–Kier alpha value is -2.62. The molecule has 32 heavy (non-hydrogen) atoms. The van der Waals surface area contributed by atoms with E-state index in [2.05, 4.69) is 4.98 Å². The van der Waals surface area contributed by atoms with Gasteiger partial charge in [-0.05, 0) is 51.0 Å². The molecule has 1 fully saturated rings. The second-order valence-electron chi connectivity index (χ2n) is 7.81. The molecule has 0 saturated carbocycles. The van der Waals surface area contributed by atoms with Crippen molar-refractivity contribution in [2.24, 2.45) is 5.92 Å². The van der Waals surface area contributed by atoms with Crippen LogP contribution in [0.3, 0.4) is 0 Å². The van der Waals surface area contributed by atoms with Gasteiger partial charge >= 0.3 is 0 Å². The SMILES string of the molecule is CCN(C(=O)C1CCN(S(=O)(=O)c2ccc(C(C)=O)cc2)CC1)c1nc2ccccc2s1. The highest BCUT2D eigenvalue weighted by Gasteiger charge is 2.34. The number of aromatic nitrogens is 1. The molecule has 1 aliphatic rings. The molecule has 0 N–H and O–H groups in total. The Bertz CT molecular complexity index is 1210. The number of nitrogens with zero attached hydrogens (tertiary/aromatic N) is 3. The molecular weight excluding hydrogens is 446 g/mol. The largest absolute Gasteiger partial charge is 0.295 e. The predicted octanol–water partition coefficient (Wildman–Crippen LogP) is 3.95. The zero-order valence-electron chi connectivity index (χ0n) is 18.0. The van der Waals surface area contributed by atoms with Gasteiger partial charge in [0.25, 0.3) is 0 Å². The van der Waals surface area contributed by atoms with Gasteiger partial charge in [-0.2, -0.15) is 4.31 Å². The van der Waals surface area contributed by atoms with Crippen molar-refractivity contribution in [1.82, 2.24) is 9.29 Å². The zero-order chi connectivity index (χ0) is 22.9. The van der Waals surface area contributed by atoms with E-state index in [4.69, 9.17) is 0 Å². The van der Waals surface area contributed by atoms with E-state index in [-0.39, 0.29) is 35.6 Å². The van der Waals surface area contributed by atoms with Gasteiger partial charge in [0.15, 0.2) is 10.9 Å². The molecule has 1 aliphatic heterocycles. The molecular formula is C23H25N3O4S2. The van der Waals surface area contributed by atoms with Gasteiger partial charge < -0.3 is 0 Å². The first-order valence-corrected chi connectivity index (χ1v) is 12.8. The molecule has 4 rings (SSSR count). The van der Waals surface area contributed by atoms with Crippen LogP contribution in [0.4, 0.5) is 5.13 Å². The third kappa shape index (κ3) is 4.32. The number of Topliss-reactive ketones (excluding diaryl/α,β-unsaturated/α-hetero) is 1. The van der Waals surface area contributed by atoms with Crippen molar-refractivity contribution in [3.05, 3.63) is 54.1 Å². The van der Waals surface area contributed by atoms with Gasteiger partial charge in [-0.15, -0.1) is 0 Å². The lowest BCUT2D eigenvalue weighted by Gasteiger charge is -2.32. The Morgan fingerprint density at radius 3 is 2.34 bits per heavy atom. The number of thiazole rings is 1.